The molecule has 0 spiro atoms. The van der Waals surface area contributed by atoms with Crippen molar-refractivity contribution in [1.82, 2.24) is 5.32 Å². The molecule has 2 aromatic carbocycles. The summed E-state index contributed by atoms with van der Waals surface area (Å²) in [5, 5.41) is 21.3. The number of cyclic esters (lactones) is 2. The molecule has 4 fully saturated rings. The molecule has 2 atom stereocenters. The fraction of sp³-hybridized carbons (Fsp3) is 0.533. The van der Waals surface area contributed by atoms with Crippen molar-refractivity contribution in [2.45, 2.75) is 32.0 Å². The molecule has 4 aliphatic rings. The molecule has 13 heteroatoms. The van der Waals surface area contributed by atoms with E-state index in [2.05, 4.69) is 17.1 Å². The van der Waals surface area contributed by atoms with Gasteiger partial charge < -0.3 is 34.8 Å². The minimum Gasteiger partial charge on any atom is -0.441 e. The summed E-state index contributed by atoms with van der Waals surface area (Å²) in [5.74, 6) is 0.00956. The van der Waals surface area contributed by atoms with Crippen LogP contribution < -0.4 is 24.9 Å². The van der Waals surface area contributed by atoms with E-state index in [1.165, 1.54) is 21.9 Å². The largest absolute Gasteiger partial charge is 0.441 e. The Hall–Kier alpha value is -3.68. The Morgan fingerprint density at radius 2 is 1.21 bits per heavy atom. The number of piperazine rings is 1. The van der Waals surface area contributed by atoms with Gasteiger partial charge in [0.05, 0.1) is 49.1 Å². The molecule has 0 radical (unpaired) electrons. The molecule has 4 saturated heterocycles. The average molecular weight is 604 g/mol. The molecular formula is C30H39F2N5O6. The van der Waals surface area contributed by atoms with Crippen LogP contribution in [-0.4, -0.2) is 100 Å². The number of aliphatic hydroxyl groups is 2. The third kappa shape index (κ3) is 7.11. The highest BCUT2D eigenvalue weighted by molar-refractivity contribution is 5.90. The Kier molecular flexibility index (Phi) is 9.83. The van der Waals surface area contributed by atoms with Crippen LogP contribution in [0.15, 0.2) is 36.4 Å². The highest BCUT2D eigenvalue weighted by Gasteiger charge is 2.33. The lowest BCUT2D eigenvalue weighted by molar-refractivity contribution is 0.0960. The predicted octanol–water partition coefficient (Wildman–Crippen LogP) is 2.93. The Bertz CT molecular complexity index is 1290. The minimum absolute atomic E-state index is 0.227. The summed E-state index contributed by atoms with van der Waals surface area (Å²) in [6.45, 7) is 7.13. The third-order valence-corrected chi connectivity index (χ3v) is 8.22. The molecule has 43 heavy (non-hydrogen) atoms. The number of carbonyl (C=O) groups is 2. The Balaban J connectivity index is 0.000000171. The number of nitrogens with zero attached hydrogens (tertiary/aromatic N) is 4. The van der Waals surface area contributed by atoms with Gasteiger partial charge in [0.1, 0.15) is 23.8 Å². The fourth-order valence-electron chi connectivity index (χ4n) is 5.65. The van der Waals surface area contributed by atoms with Crippen LogP contribution >= 0.6 is 0 Å². The van der Waals surface area contributed by atoms with E-state index < -0.39 is 24.4 Å². The summed E-state index contributed by atoms with van der Waals surface area (Å²) in [6.07, 6.45) is -0.0519. The molecule has 6 rings (SSSR count). The molecule has 0 aliphatic carbocycles. The number of piperidine rings is 1. The smallest absolute Gasteiger partial charge is 0.414 e. The summed E-state index contributed by atoms with van der Waals surface area (Å²) in [4.78, 5) is 30.2. The number of hydrogen-bond acceptors (Lipinski definition) is 9. The lowest BCUT2D eigenvalue weighted by atomic mass is 9.99. The lowest BCUT2D eigenvalue weighted by Crippen LogP contribution is -2.43. The summed E-state index contributed by atoms with van der Waals surface area (Å²) in [7, 11) is 0. The second-order valence-electron chi connectivity index (χ2n) is 11.3. The number of aliphatic hydroxyl groups excluding tert-OH is 2. The highest BCUT2D eigenvalue weighted by atomic mass is 19.1. The fourth-order valence-corrected chi connectivity index (χ4v) is 5.65. The number of ether oxygens (including phenoxy) is 2. The van der Waals surface area contributed by atoms with E-state index in [4.69, 9.17) is 19.7 Å². The summed E-state index contributed by atoms with van der Waals surface area (Å²) in [5.41, 5.74) is 2.05. The van der Waals surface area contributed by atoms with E-state index in [0.29, 0.717) is 28.7 Å². The zero-order valence-corrected chi connectivity index (χ0v) is 24.3. The molecule has 0 unspecified atom stereocenters. The molecule has 2 amide bonds. The van der Waals surface area contributed by atoms with Crippen molar-refractivity contribution < 1.29 is 38.1 Å². The van der Waals surface area contributed by atoms with Crippen LogP contribution in [0.5, 0.6) is 0 Å². The van der Waals surface area contributed by atoms with Crippen molar-refractivity contribution in [2.75, 3.05) is 85.2 Å². The predicted molar refractivity (Wildman–Crippen MR) is 158 cm³/mol. The van der Waals surface area contributed by atoms with Gasteiger partial charge in [0, 0.05) is 39.3 Å². The van der Waals surface area contributed by atoms with Crippen LogP contribution in [0, 0.1) is 17.6 Å². The molecule has 4 heterocycles. The van der Waals surface area contributed by atoms with E-state index in [9.17, 15) is 18.4 Å². The molecule has 3 N–H and O–H groups in total. The summed E-state index contributed by atoms with van der Waals surface area (Å²) in [6, 6.07) is 9.57. The number of rotatable bonds is 6. The first-order valence-corrected chi connectivity index (χ1v) is 14.7. The van der Waals surface area contributed by atoms with Gasteiger partial charge in [-0.05, 0) is 55.2 Å². The van der Waals surface area contributed by atoms with Gasteiger partial charge in [-0.2, -0.15) is 0 Å². The van der Waals surface area contributed by atoms with Crippen LogP contribution in [0.2, 0.25) is 0 Å². The van der Waals surface area contributed by atoms with E-state index in [1.54, 1.807) is 24.3 Å². The van der Waals surface area contributed by atoms with Crippen LogP contribution in [-0.2, 0) is 9.47 Å². The highest BCUT2D eigenvalue weighted by Crippen LogP contribution is 2.31. The van der Waals surface area contributed by atoms with E-state index in [0.717, 1.165) is 52.1 Å². The van der Waals surface area contributed by atoms with Gasteiger partial charge in [0.15, 0.2) is 0 Å². The maximum absolute atomic E-state index is 14.4. The second kappa shape index (κ2) is 13.7. The van der Waals surface area contributed by atoms with Gasteiger partial charge in [-0.25, -0.2) is 18.4 Å². The average Bonchev–Trinajstić information content (AvgIpc) is 3.60. The molecule has 4 aliphatic heterocycles. The zero-order chi connectivity index (χ0) is 30.5. The standard InChI is InChI=1S/C16H21FN2O3.C14H18FN3O3/c1-11-4-6-18(7-5-11)15-3-2-12(8-14(15)17)19-9-13(10-20)22-16(19)21;15-12-7-10(18-8-11(9-19)21-14(18)20)1-2-13(12)17-5-3-16-4-6-17/h2-3,8,11,13,20H,4-7,9-10H2,1H3;1-2,7,11,16,19H,3-6,8-9H2/t13-;11-/m11/s1. The molecule has 2 aromatic rings. The molecule has 0 bridgehead atoms. The van der Waals surface area contributed by atoms with Crippen LogP contribution in [0.25, 0.3) is 0 Å². The van der Waals surface area contributed by atoms with Crippen molar-refractivity contribution in [3.8, 4) is 0 Å². The normalized spacial score (nSPS) is 22.8. The minimum atomic E-state index is -0.552. The summed E-state index contributed by atoms with van der Waals surface area (Å²) < 4.78 is 38.7. The molecule has 234 valence electrons. The van der Waals surface area contributed by atoms with Gasteiger partial charge in [-0.3, -0.25) is 9.80 Å². The SMILES string of the molecule is CC1CCN(c2ccc(N3C[C@H](CO)OC3=O)cc2F)CC1.O=C1O[C@@H](CO)CN1c1ccc(N2CCNCC2)c(F)c1. The third-order valence-electron chi connectivity index (χ3n) is 8.22. The van der Waals surface area contributed by atoms with Gasteiger partial charge in [-0.1, -0.05) is 6.92 Å². The number of hydrogen-bond donors (Lipinski definition) is 3. The quantitative estimate of drug-likeness (QED) is 0.458. The summed E-state index contributed by atoms with van der Waals surface area (Å²) >= 11 is 0. The monoisotopic (exact) mass is 603 g/mol. The number of benzene rings is 2. The molecule has 0 aromatic heterocycles. The maximum Gasteiger partial charge on any atom is 0.414 e. The topological polar surface area (TPSA) is 118 Å². The van der Waals surface area contributed by atoms with Crippen molar-refractivity contribution in [1.29, 1.82) is 0 Å². The second-order valence-corrected chi connectivity index (χ2v) is 11.3. The van der Waals surface area contributed by atoms with E-state index >= 15 is 0 Å². The molecule has 11 nitrogen and oxygen atoms in total. The van der Waals surface area contributed by atoms with Gasteiger partial charge in [0.25, 0.3) is 0 Å². The number of nitrogens with one attached hydrogen (secondary N) is 1. The molecular weight excluding hydrogens is 564 g/mol. The van der Waals surface area contributed by atoms with Crippen molar-refractivity contribution in [2.24, 2.45) is 5.92 Å². The Morgan fingerprint density at radius 3 is 1.60 bits per heavy atom. The van der Waals surface area contributed by atoms with Gasteiger partial charge in [0.2, 0.25) is 0 Å². The van der Waals surface area contributed by atoms with Crippen LogP contribution in [0.4, 0.5) is 41.1 Å². The van der Waals surface area contributed by atoms with Crippen molar-refractivity contribution >= 4 is 34.9 Å². The first-order chi connectivity index (χ1) is 20.8. The van der Waals surface area contributed by atoms with Crippen LogP contribution in [0.1, 0.15) is 19.8 Å². The first kappa shape index (κ1) is 30.8. The number of halogens is 2. The zero-order valence-electron chi connectivity index (χ0n) is 24.3. The van der Waals surface area contributed by atoms with Crippen LogP contribution in [0.3, 0.4) is 0 Å². The number of anilines is 4. The number of carbonyl (C=O) groups excluding carboxylic acids is 2. The Morgan fingerprint density at radius 1 is 0.767 bits per heavy atom. The lowest BCUT2D eigenvalue weighted by Gasteiger charge is -2.32. The number of amides is 2. The van der Waals surface area contributed by atoms with E-state index in [1.807, 2.05) is 4.90 Å². The van der Waals surface area contributed by atoms with Crippen molar-refractivity contribution in [3.05, 3.63) is 48.0 Å². The van der Waals surface area contributed by atoms with E-state index in [-0.39, 0.29) is 37.9 Å². The first-order valence-electron chi connectivity index (χ1n) is 14.7. The van der Waals surface area contributed by atoms with Gasteiger partial charge in [-0.15, -0.1) is 0 Å². The maximum atomic E-state index is 14.4. The van der Waals surface area contributed by atoms with Crippen molar-refractivity contribution in [3.63, 3.8) is 0 Å². The molecule has 0 saturated carbocycles. The Labute approximate surface area is 249 Å². The van der Waals surface area contributed by atoms with Gasteiger partial charge >= 0.3 is 12.2 Å².